The van der Waals surface area contributed by atoms with E-state index in [4.69, 9.17) is 21.4 Å². The monoisotopic (exact) mass is 313 g/mol. The molecule has 0 unspecified atom stereocenters. The van der Waals surface area contributed by atoms with E-state index in [-0.39, 0.29) is 12.5 Å². The summed E-state index contributed by atoms with van der Waals surface area (Å²) in [7, 11) is 1.64. The lowest BCUT2D eigenvalue weighted by atomic mass is 10.1. The number of hydrogen-bond donors (Lipinski definition) is 1. The molecule has 5 heteroatoms. The first kappa shape index (κ1) is 18.0. The fourth-order valence-corrected chi connectivity index (χ4v) is 2.26. The van der Waals surface area contributed by atoms with Gasteiger partial charge in [0, 0.05) is 38.2 Å². The molecule has 0 aliphatic rings. The van der Waals surface area contributed by atoms with Gasteiger partial charge in [0.2, 0.25) is 5.91 Å². The maximum atomic E-state index is 12.1. The van der Waals surface area contributed by atoms with Crippen LogP contribution in [0.3, 0.4) is 0 Å². The Kier molecular flexibility index (Phi) is 9.06. The molecular formula is C16H24ClNO3. The van der Waals surface area contributed by atoms with Gasteiger partial charge in [0.25, 0.3) is 0 Å². The van der Waals surface area contributed by atoms with E-state index in [1.807, 2.05) is 24.3 Å². The van der Waals surface area contributed by atoms with Crippen molar-refractivity contribution in [1.29, 1.82) is 0 Å². The van der Waals surface area contributed by atoms with E-state index in [1.165, 1.54) is 5.56 Å². The van der Waals surface area contributed by atoms with Crippen molar-refractivity contribution < 1.29 is 14.6 Å². The second-order valence-corrected chi connectivity index (χ2v) is 5.37. The number of aliphatic hydroxyl groups is 1. The summed E-state index contributed by atoms with van der Waals surface area (Å²) in [6, 6.07) is 7.69. The molecule has 0 aromatic heterocycles. The van der Waals surface area contributed by atoms with Gasteiger partial charge >= 0.3 is 0 Å². The van der Waals surface area contributed by atoms with Crippen LogP contribution in [0.4, 0.5) is 0 Å². The number of rotatable bonds is 10. The lowest BCUT2D eigenvalue weighted by Gasteiger charge is -2.21. The Morgan fingerprint density at radius 1 is 1.24 bits per heavy atom. The number of ether oxygens (including phenoxy) is 1. The number of carbonyl (C=O) groups is 1. The summed E-state index contributed by atoms with van der Waals surface area (Å²) in [6.45, 7) is 1.65. The van der Waals surface area contributed by atoms with E-state index >= 15 is 0 Å². The zero-order valence-electron chi connectivity index (χ0n) is 12.6. The molecule has 1 rings (SSSR count). The Bertz CT molecular complexity index is 408. The van der Waals surface area contributed by atoms with Crippen LogP contribution in [0.25, 0.3) is 0 Å². The van der Waals surface area contributed by atoms with Gasteiger partial charge in [-0.2, -0.15) is 0 Å². The van der Waals surface area contributed by atoms with Crippen molar-refractivity contribution in [3.05, 3.63) is 34.9 Å². The molecule has 118 valence electrons. The molecule has 0 bridgehead atoms. The molecule has 1 amide bonds. The van der Waals surface area contributed by atoms with Crippen LogP contribution in [0, 0.1) is 0 Å². The molecule has 0 saturated carbocycles. The number of aryl methyl sites for hydroxylation is 1. The van der Waals surface area contributed by atoms with Gasteiger partial charge in [-0.15, -0.1) is 0 Å². The molecule has 0 atom stereocenters. The van der Waals surface area contributed by atoms with E-state index in [0.717, 1.165) is 24.3 Å². The number of halogens is 1. The summed E-state index contributed by atoms with van der Waals surface area (Å²) in [6.07, 6.45) is 2.94. The number of hydrogen-bond acceptors (Lipinski definition) is 3. The normalized spacial score (nSPS) is 10.6. The summed E-state index contributed by atoms with van der Waals surface area (Å²) in [5.74, 6) is 0.0918. The van der Waals surface area contributed by atoms with Crippen molar-refractivity contribution in [2.24, 2.45) is 0 Å². The van der Waals surface area contributed by atoms with Gasteiger partial charge in [-0.1, -0.05) is 23.7 Å². The third kappa shape index (κ3) is 7.46. The molecule has 1 N–H and O–H groups in total. The van der Waals surface area contributed by atoms with E-state index in [2.05, 4.69) is 0 Å². The number of carbonyl (C=O) groups excluding carboxylic acids is 1. The number of aliphatic hydroxyl groups excluding tert-OH is 1. The average Bonchev–Trinajstić information content (AvgIpc) is 2.48. The zero-order valence-corrected chi connectivity index (χ0v) is 13.3. The molecule has 0 aliphatic carbocycles. The van der Waals surface area contributed by atoms with E-state index in [9.17, 15) is 4.79 Å². The van der Waals surface area contributed by atoms with Crippen LogP contribution in [0.2, 0.25) is 5.02 Å². The minimum Gasteiger partial charge on any atom is -0.395 e. The Hall–Kier alpha value is -1.10. The van der Waals surface area contributed by atoms with Gasteiger partial charge in [0.15, 0.2) is 0 Å². The SMILES string of the molecule is COCCCN(CCO)C(=O)CCCc1ccc(Cl)cc1. The van der Waals surface area contributed by atoms with Crippen LogP contribution < -0.4 is 0 Å². The van der Waals surface area contributed by atoms with Crippen LogP contribution in [0.5, 0.6) is 0 Å². The van der Waals surface area contributed by atoms with Crippen molar-refractivity contribution in [3.63, 3.8) is 0 Å². The summed E-state index contributed by atoms with van der Waals surface area (Å²) in [5.41, 5.74) is 1.18. The third-order valence-electron chi connectivity index (χ3n) is 3.27. The fourth-order valence-electron chi connectivity index (χ4n) is 2.13. The summed E-state index contributed by atoms with van der Waals surface area (Å²) in [4.78, 5) is 13.8. The van der Waals surface area contributed by atoms with Gasteiger partial charge in [-0.3, -0.25) is 4.79 Å². The first-order valence-corrected chi connectivity index (χ1v) is 7.67. The predicted octanol–water partition coefficient (Wildman–Crippen LogP) is 2.52. The van der Waals surface area contributed by atoms with Crippen molar-refractivity contribution in [2.75, 3.05) is 33.4 Å². The molecule has 0 aliphatic heterocycles. The van der Waals surface area contributed by atoms with E-state index < -0.39 is 0 Å². The van der Waals surface area contributed by atoms with Crippen molar-refractivity contribution in [3.8, 4) is 0 Å². The largest absolute Gasteiger partial charge is 0.395 e. The maximum Gasteiger partial charge on any atom is 0.222 e. The van der Waals surface area contributed by atoms with Crippen molar-refractivity contribution in [1.82, 2.24) is 4.90 Å². The van der Waals surface area contributed by atoms with Gasteiger partial charge < -0.3 is 14.7 Å². The number of amides is 1. The highest BCUT2D eigenvalue weighted by atomic mass is 35.5. The third-order valence-corrected chi connectivity index (χ3v) is 3.52. The molecule has 1 aromatic rings. The highest BCUT2D eigenvalue weighted by Gasteiger charge is 2.12. The molecular weight excluding hydrogens is 290 g/mol. The standard InChI is InChI=1S/C16H24ClNO3/c1-21-13-3-10-18(11-12-19)16(20)5-2-4-14-6-8-15(17)9-7-14/h6-9,19H,2-5,10-13H2,1H3. The molecule has 1 aromatic carbocycles. The van der Waals surface area contributed by atoms with Crippen LogP contribution >= 0.6 is 11.6 Å². The maximum absolute atomic E-state index is 12.1. The summed E-state index contributed by atoms with van der Waals surface area (Å²) in [5, 5.41) is 9.76. The fraction of sp³-hybridized carbons (Fsp3) is 0.562. The molecule has 4 nitrogen and oxygen atoms in total. The summed E-state index contributed by atoms with van der Waals surface area (Å²) >= 11 is 5.84. The van der Waals surface area contributed by atoms with Crippen LogP contribution in [-0.4, -0.2) is 49.3 Å². The Labute approximate surface area is 131 Å². The van der Waals surface area contributed by atoms with Crippen LogP contribution in [0.15, 0.2) is 24.3 Å². The minimum atomic E-state index is -0.00406. The highest BCUT2D eigenvalue weighted by molar-refractivity contribution is 6.30. The Morgan fingerprint density at radius 2 is 1.95 bits per heavy atom. The topological polar surface area (TPSA) is 49.8 Å². The number of nitrogens with zero attached hydrogens (tertiary/aromatic N) is 1. The molecule has 0 heterocycles. The quantitative estimate of drug-likeness (QED) is 0.675. The lowest BCUT2D eigenvalue weighted by Crippen LogP contribution is -2.34. The van der Waals surface area contributed by atoms with Gasteiger partial charge in [0.05, 0.1) is 6.61 Å². The first-order valence-electron chi connectivity index (χ1n) is 7.29. The molecule has 0 fully saturated rings. The Morgan fingerprint density at radius 3 is 2.57 bits per heavy atom. The van der Waals surface area contributed by atoms with Crippen LogP contribution in [-0.2, 0) is 16.0 Å². The lowest BCUT2D eigenvalue weighted by molar-refractivity contribution is -0.132. The zero-order chi connectivity index (χ0) is 15.5. The minimum absolute atomic E-state index is 0.00406. The molecule has 0 saturated heterocycles. The average molecular weight is 314 g/mol. The predicted molar refractivity (Wildman–Crippen MR) is 84.5 cm³/mol. The molecule has 0 radical (unpaired) electrons. The first-order chi connectivity index (χ1) is 10.2. The van der Waals surface area contributed by atoms with Crippen molar-refractivity contribution >= 4 is 17.5 Å². The Balaban J connectivity index is 2.33. The van der Waals surface area contributed by atoms with E-state index in [1.54, 1.807) is 12.0 Å². The van der Waals surface area contributed by atoms with Gasteiger partial charge in [-0.05, 0) is 37.0 Å². The molecule has 21 heavy (non-hydrogen) atoms. The smallest absolute Gasteiger partial charge is 0.222 e. The number of methoxy groups -OCH3 is 1. The van der Waals surface area contributed by atoms with Crippen molar-refractivity contribution in [2.45, 2.75) is 25.7 Å². The van der Waals surface area contributed by atoms with Gasteiger partial charge in [0.1, 0.15) is 0 Å². The van der Waals surface area contributed by atoms with Crippen LogP contribution in [0.1, 0.15) is 24.8 Å². The summed E-state index contributed by atoms with van der Waals surface area (Å²) < 4.78 is 4.99. The second kappa shape index (κ2) is 10.6. The second-order valence-electron chi connectivity index (χ2n) is 4.93. The highest BCUT2D eigenvalue weighted by Crippen LogP contribution is 2.12. The number of benzene rings is 1. The van der Waals surface area contributed by atoms with Gasteiger partial charge in [-0.25, -0.2) is 0 Å². The van der Waals surface area contributed by atoms with E-state index in [0.29, 0.717) is 26.1 Å². The molecule has 0 spiro atoms.